The fraction of sp³-hybridized carbons (Fsp3) is 0.179. The molecule has 3 N–H and O–H groups in total. The average molecular weight is 484 g/mol. The molecular formula is C28H25N3O3S. The topological polar surface area (TPSA) is 96.5 Å². The van der Waals surface area contributed by atoms with Crippen LogP contribution in [0.1, 0.15) is 36.9 Å². The van der Waals surface area contributed by atoms with E-state index in [9.17, 15) is 14.7 Å². The summed E-state index contributed by atoms with van der Waals surface area (Å²) in [5.74, 6) is -1.03. The van der Waals surface area contributed by atoms with E-state index in [0.717, 1.165) is 22.0 Å². The molecular weight excluding hydrogens is 458 g/mol. The summed E-state index contributed by atoms with van der Waals surface area (Å²) in [5, 5.41) is 12.4. The largest absolute Gasteiger partial charge is 0.372 e. The maximum atomic E-state index is 13.7. The van der Waals surface area contributed by atoms with Crippen LogP contribution in [-0.4, -0.2) is 28.4 Å². The SMILES string of the molecule is Cc1nc2c(s1)CCN(C(=O)c1ccc(C(O)(C(N)=O)c3ccccc3)c(C)c1)c1ccccc1-2. The predicted octanol–water partition coefficient (Wildman–Crippen LogP) is 4.35. The number of benzene rings is 3. The van der Waals surface area contributed by atoms with Crippen molar-refractivity contribution in [2.45, 2.75) is 25.9 Å². The van der Waals surface area contributed by atoms with Gasteiger partial charge in [-0.15, -0.1) is 11.3 Å². The number of carbonyl (C=O) groups is 2. The molecule has 1 aliphatic heterocycles. The van der Waals surface area contributed by atoms with Gasteiger partial charge in [0.1, 0.15) is 0 Å². The number of carbonyl (C=O) groups excluding carboxylic acids is 2. The Hall–Kier alpha value is -3.81. The summed E-state index contributed by atoms with van der Waals surface area (Å²) in [6, 6.07) is 21.4. The fourth-order valence-corrected chi connectivity index (χ4v) is 5.71. The zero-order valence-electron chi connectivity index (χ0n) is 19.5. The number of thiazole rings is 1. The summed E-state index contributed by atoms with van der Waals surface area (Å²) in [4.78, 5) is 33.8. The monoisotopic (exact) mass is 483 g/mol. The Bertz CT molecular complexity index is 1450. The second-order valence-corrected chi connectivity index (χ2v) is 9.99. The van der Waals surface area contributed by atoms with Gasteiger partial charge in [-0.05, 0) is 43.2 Å². The maximum Gasteiger partial charge on any atom is 0.258 e. The second-order valence-electron chi connectivity index (χ2n) is 8.70. The number of hydrogen-bond acceptors (Lipinski definition) is 5. The van der Waals surface area contributed by atoms with Crippen molar-refractivity contribution in [3.05, 3.63) is 105 Å². The molecule has 1 unspecified atom stereocenters. The molecule has 0 saturated carbocycles. The number of aliphatic hydroxyl groups is 1. The number of amides is 2. The van der Waals surface area contributed by atoms with E-state index in [0.29, 0.717) is 35.2 Å². The standard InChI is InChI=1S/C28H25N3O3S/c1-17-16-19(12-13-22(17)28(34,27(29)33)20-8-4-3-5-9-20)26(32)31-15-14-24-25(30-18(2)35-24)21-10-6-7-11-23(21)31/h3-13,16,34H,14-15H2,1-2H3,(H2,29,33). The molecule has 2 heterocycles. The Morgan fingerprint density at radius 1 is 1.03 bits per heavy atom. The summed E-state index contributed by atoms with van der Waals surface area (Å²) in [6.45, 7) is 4.29. The number of nitrogens with zero attached hydrogens (tertiary/aromatic N) is 2. The summed E-state index contributed by atoms with van der Waals surface area (Å²) in [6.07, 6.45) is 0.716. The van der Waals surface area contributed by atoms with Crippen molar-refractivity contribution in [3.63, 3.8) is 0 Å². The van der Waals surface area contributed by atoms with Gasteiger partial charge in [0.25, 0.3) is 11.8 Å². The number of para-hydroxylation sites is 1. The van der Waals surface area contributed by atoms with Gasteiger partial charge in [-0.3, -0.25) is 9.59 Å². The molecule has 0 spiro atoms. The number of rotatable bonds is 4. The normalized spacial score (nSPS) is 14.4. The first-order chi connectivity index (χ1) is 16.8. The van der Waals surface area contributed by atoms with Crippen LogP contribution in [0.3, 0.4) is 0 Å². The maximum absolute atomic E-state index is 13.7. The molecule has 1 aliphatic rings. The molecule has 5 rings (SSSR count). The van der Waals surface area contributed by atoms with Gasteiger partial charge in [0, 0.05) is 34.5 Å². The quantitative estimate of drug-likeness (QED) is 0.451. The first-order valence-electron chi connectivity index (χ1n) is 11.4. The molecule has 3 aromatic carbocycles. The van der Waals surface area contributed by atoms with Gasteiger partial charge >= 0.3 is 0 Å². The Balaban J connectivity index is 1.54. The van der Waals surface area contributed by atoms with Crippen LogP contribution >= 0.6 is 11.3 Å². The molecule has 0 aliphatic carbocycles. The van der Waals surface area contributed by atoms with Crippen molar-refractivity contribution in [2.75, 3.05) is 11.4 Å². The minimum Gasteiger partial charge on any atom is -0.372 e. The van der Waals surface area contributed by atoms with Crippen LogP contribution in [0, 0.1) is 13.8 Å². The number of aromatic nitrogens is 1. The summed E-state index contributed by atoms with van der Waals surface area (Å²) < 4.78 is 0. The first kappa shape index (κ1) is 23.0. The van der Waals surface area contributed by atoms with Crippen LogP contribution in [0.4, 0.5) is 5.69 Å². The molecule has 6 nitrogen and oxygen atoms in total. The van der Waals surface area contributed by atoms with Crippen LogP contribution < -0.4 is 10.6 Å². The Morgan fingerprint density at radius 2 is 1.74 bits per heavy atom. The smallest absolute Gasteiger partial charge is 0.258 e. The lowest BCUT2D eigenvalue weighted by atomic mass is 9.82. The van der Waals surface area contributed by atoms with E-state index < -0.39 is 11.5 Å². The molecule has 2 amide bonds. The average Bonchev–Trinajstić information content (AvgIpc) is 3.17. The molecule has 0 radical (unpaired) electrons. The van der Waals surface area contributed by atoms with Gasteiger partial charge in [0.2, 0.25) is 0 Å². The second kappa shape index (κ2) is 8.76. The van der Waals surface area contributed by atoms with Crippen molar-refractivity contribution in [1.29, 1.82) is 0 Å². The van der Waals surface area contributed by atoms with E-state index in [1.165, 1.54) is 4.88 Å². The van der Waals surface area contributed by atoms with Crippen LogP contribution in [0.2, 0.25) is 0 Å². The van der Waals surface area contributed by atoms with Crippen molar-refractivity contribution >= 4 is 28.8 Å². The van der Waals surface area contributed by atoms with E-state index in [-0.39, 0.29) is 5.91 Å². The molecule has 0 fully saturated rings. The van der Waals surface area contributed by atoms with E-state index in [4.69, 9.17) is 10.7 Å². The van der Waals surface area contributed by atoms with Crippen molar-refractivity contribution in [2.24, 2.45) is 5.73 Å². The summed E-state index contributed by atoms with van der Waals surface area (Å²) in [5.41, 5.74) is 8.17. The lowest BCUT2D eigenvalue weighted by Crippen LogP contribution is -2.42. The number of fused-ring (bicyclic) bond motifs is 3. The number of hydrogen-bond donors (Lipinski definition) is 2. The van der Waals surface area contributed by atoms with Crippen LogP contribution in [0.15, 0.2) is 72.8 Å². The Kier molecular flexibility index (Phi) is 5.75. The van der Waals surface area contributed by atoms with Gasteiger partial charge in [-0.25, -0.2) is 4.98 Å². The zero-order valence-corrected chi connectivity index (χ0v) is 20.3. The molecule has 4 aromatic rings. The molecule has 35 heavy (non-hydrogen) atoms. The third-order valence-corrected chi connectivity index (χ3v) is 7.50. The molecule has 0 saturated heterocycles. The third-order valence-electron chi connectivity index (χ3n) is 6.47. The number of aryl methyl sites for hydroxylation is 2. The third kappa shape index (κ3) is 3.83. The highest BCUT2D eigenvalue weighted by Crippen LogP contribution is 2.39. The molecule has 1 aromatic heterocycles. The minimum atomic E-state index is -2.00. The molecule has 0 bridgehead atoms. The number of primary amides is 1. The van der Waals surface area contributed by atoms with Gasteiger partial charge in [0.05, 0.1) is 16.4 Å². The van der Waals surface area contributed by atoms with Gasteiger partial charge < -0.3 is 15.7 Å². The molecule has 176 valence electrons. The minimum absolute atomic E-state index is 0.152. The van der Waals surface area contributed by atoms with Crippen LogP contribution in [-0.2, 0) is 16.8 Å². The first-order valence-corrected chi connectivity index (χ1v) is 12.2. The molecule has 7 heteroatoms. The van der Waals surface area contributed by atoms with E-state index in [1.54, 1.807) is 71.7 Å². The molecule has 1 atom stereocenters. The van der Waals surface area contributed by atoms with Gasteiger partial charge in [-0.1, -0.05) is 54.6 Å². The van der Waals surface area contributed by atoms with Gasteiger partial charge in [-0.2, -0.15) is 0 Å². The van der Waals surface area contributed by atoms with Crippen molar-refractivity contribution < 1.29 is 14.7 Å². The van der Waals surface area contributed by atoms with E-state index >= 15 is 0 Å². The van der Waals surface area contributed by atoms with Gasteiger partial charge in [0.15, 0.2) is 5.60 Å². The lowest BCUT2D eigenvalue weighted by molar-refractivity contribution is -0.133. The van der Waals surface area contributed by atoms with Crippen molar-refractivity contribution in [3.8, 4) is 11.3 Å². The zero-order chi connectivity index (χ0) is 24.7. The highest BCUT2D eigenvalue weighted by molar-refractivity contribution is 7.12. The van der Waals surface area contributed by atoms with E-state index in [1.807, 2.05) is 31.2 Å². The fourth-order valence-electron chi connectivity index (χ4n) is 4.77. The summed E-state index contributed by atoms with van der Waals surface area (Å²) >= 11 is 1.66. The van der Waals surface area contributed by atoms with Crippen LogP contribution in [0.25, 0.3) is 11.3 Å². The lowest BCUT2D eigenvalue weighted by Gasteiger charge is -2.28. The van der Waals surface area contributed by atoms with Crippen LogP contribution in [0.5, 0.6) is 0 Å². The predicted molar refractivity (Wildman–Crippen MR) is 137 cm³/mol. The van der Waals surface area contributed by atoms with E-state index in [2.05, 4.69) is 0 Å². The summed E-state index contributed by atoms with van der Waals surface area (Å²) in [7, 11) is 0. The van der Waals surface area contributed by atoms with Crippen molar-refractivity contribution in [1.82, 2.24) is 4.98 Å². The Morgan fingerprint density at radius 3 is 2.46 bits per heavy atom. The highest BCUT2D eigenvalue weighted by Gasteiger charge is 2.39. The highest BCUT2D eigenvalue weighted by atomic mass is 32.1. The number of nitrogens with two attached hydrogens (primary N) is 1. The number of anilines is 1. The Labute approximate surface area is 207 Å².